The second-order valence-corrected chi connectivity index (χ2v) is 6.10. The molecule has 3 rings (SSSR count). The highest BCUT2D eigenvalue weighted by Crippen LogP contribution is 2.29. The Balaban J connectivity index is 1.75. The minimum absolute atomic E-state index is 0.266. The van der Waals surface area contributed by atoms with Crippen molar-refractivity contribution in [1.82, 2.24) is 9.97 Å². The number of nitrogens with one attached hydrogen (secondary N) is 1. The van der Waals surface area contributed by atoms with E-state index in [2.05, 4.69) is 15.3 Å². The third-order valence-electron chi connectivity index (χ3n) is 4.14. The van der Waals surface area contributed by atoms with E-state index in [0.717, 1.165) is 5.56 Å². The quantitative estimate of drug-likeness (QED) is 0.679. The van der Waals surface area contributed by atoms with Crippen LogP contribution in [0.3, 0.4) is 0 Å². The monoisotopic (exact) mass is 378 g/mol. The van der Waals surface area contributed by atoms with E-state index >= 15 is 0 Å². The Morgan fingerprint density at radius 1 is 1.07 bits per heavy atom. The predicted molar refractivity (Wildman–Crippen MR) is 108 cm³/mol. The number of aromatic nitrogens is 2. The number of hydrogen-bond donors (Lipinski definition) is 1. The van der Waals surface area contributed by atoms with Gasteiger partial charge in [0.1, 0.15) is 17.2 Å². The van der Waals surface area contributed by atoms with Crippen LogP contribution in [0.2, 0.25) is 0 Å². The van der Waals surface area contributed by atoms with Crippen molar-refractivity contribution in [3.8, 4) is 11.5 Å². The molecule has 0 fully saturated rings. The first-order valence-electron chi connectivity index (χ1n) is 8.72. The second-order valence-electron chi connectivity index (χ2n) is 6.10. The van der Waals surface area contributed by atoms with Crippen molar-refractivity contribution in [2.24, 2.45) is 0 Å². The van der Waals surface area contributed by atoms with Crippen LogP contribution in [-0.4, -0.2) is 37.1 Å². The summed E-state index contributed by atoms with van der Waals surface area (Å²) < 4.78 is 10.5. The summed E-state index contributed by atoms with van der Waals surface area (Å²) in [5.74, 6) is 1.27. The molecule has 0 saturated heterocycles. The summed E-state index contributed by atoms with van der Waals surface area (Å²) in [6.45, 7) is 0.637. The molecule has 1 aromatic heterocycles. The number of nitrogens with zero attached hydrogens (tertiary/aromatic N) is 3. The van der Waals surface area contributed by atoms with Gasteiger partial charge >= 0.3 is 0 Å². The van der Waals surface area contributed by atoms with Crippen LogP contribution in [-0.2, 0) is 6.54 Å². The first-order valence-corrected chi connectivity index (χ1v) is 8.72. The predicted octanol–water partition coefficient (Wildman–Crippen LogP) is 3.38. The molecule has 1 heterocycles. The molecule has 0 atom stereocenters. The maximum Gasteiger partial charge on any atom is 0.274 e. The lowest BCUT2D eigenvalue weighted by Gasteiger charge is -2.17. The van der Waals surface area contributed by atoms with Gasteiger partial charge in [-0.2, -0.15) is 0 Å². The highest BCUT2D eigenvalue weighted by Gasteiger charge is 2.14. The molecule has 0 unspecified atom stereocenters. The molecular formula is C21H22N4O3. The van der Waals surface area contributed by atoms with Crippen LogP contribution < -0.4 is 19.7 Å². The lowest BCUT2D eigenvalue weighted by molar-refractivity contribution is 0.102. The SMILES string of the molecule is COc1ccc(NC(=O)c2ccnc(N(C)Cc3ccccc3)n2)c(OC)c1. The highest BCUT2D eigenvalue weighted by molar-refractivity contribution is 6.03. The van der Waals surface area contributed by atoms with Gasteiger partial charge in [0.05, 0.1) is 19.9 Å². The van der Waals surface area contributed by atoms with Crippen LogP contribution >= 0.6 is 0 Å². The largest absolute Gasteiger partial charge is 0.497 e. The van der Waals surface area contributed by atoms with Crippen molar-refractivity contribution < 1.29 is 14.3 Å². The molecule has 28 heavy (non-hydrogen) atoms. The van der Waals surface area contributed by atoms with Gasteiger partial charge in [-0.3, -0.25) is 4.79 Å². The molecule has 0 radical (unpaired) electrons. The van der Waals surface area contributed by atoms with Gasteiger partial charge < -0.3 is 19.7 Å². The first-order chi connectivity index (χ1) is 13.6. The Hall–Kier alpha value is -3.61. The number of carbonyl (C=O) groups is 1. The average Bonchev–Trinajstić information content (AvgIpc) is 2.74. The fraction of sp³-hybridized carbons (Fsp3) is 0.190. The van der Waals surface area contributed by atoms with E-state index in [9.17, 15) is 4.79 Å². The number of anilines is 2. The maximum absolute atomic E-state index is 12.7. The molecule has 144 valence electrons. The van der Waals surface area contributed by atoms with Gasteiger partial charge in [-0.15, -0.1) is 0 Å². The van der Waals surface area contributed by atoms with Crippen molar-refractivity contribution >= 4 is 17.5 Å². The molecule has 0 aliphatic rings. The van der Waals surface area contributed by atoms with Gasteiger partial charge in [-0.05, 0) is 23.8 Å². The van der Waals surface area contributed by atoms with Crippen LogP contribution in [0.25, 0.3) is 0 Å². The van der Waals surface area contributed by atoms with Gasteiger partial charge in [0, 0.05) is 25.9 Å². The molecule has 2 aromatic carbocycles. The number of benzene rings is 2. The van der Waals surface area contributed by atoms with Crippen LogP contribution in [0, 0.1) is 0 Å². The van der Waals surface area contributed by atoms with E-state index in [0.29, 0.717) is 29.7 Å². The van der Waals surface area contributed by atoms with E-state index in [1.165, 1.54) is 7.11 Å². The van der Waals surface area contributed by atoms with Gasteiger partial charge in [0.25, 0.3) is 5.91 Å². The Bertz CT molecular complexity index is 947. The summed E-state index contributed by atoms with van der Waals surface area (Å²) in [7, 11) is 4.99. The molecular weight excluding hydrogens is 356 g/mol. The molecule has 0 spiro atoms. The zero-order valence-electron chi connectivity index (χ0n) is 16.0. The minimum Gasteiger partial charge on any atom is -0.497 e. The third-order valence-corrected chi connectivity index (χ3v) is 4.14. The normalized spacial score (nSPS) is 10.2. The number of rotatable bonds is 7. The number of amides is 1. The van der Waals surface area contributed by atoms with Crippen molar-refractivity contribution in [1.29, 1.82) is 0 Å². The average molecular weight is 378 g/mol. The van der Waals surface area contributed by atoms with Crippen molar-refractivity contribution in [3.63, 3.8) is 0 Å². The molecule has 0 aliphatic heterocycles. The second kappa shape index (κ2) is 8.85. The van der Waals surface area contributed by atoms with E-state index in [-0.39, 0.29) is 11.6 Å². The standard InChI is InChI=1S/C21H22N4O3/c1-25(14-15-7-5-4-6-8-15)21-22-12-11-18(24-21)20(26)23-17-10-9-16(27-2)13-19(17)28-3/h4-13H,14H2,1-3H3,(H,23,26). The summed E-state index contributed by atoms with van der Waals surface area (Å²) in [6, 6.07) is 16.7. The number of methoxy groups -OCH3 is 2. The number of ether oxygens (including phenoxy) is 2. The molecule has 0 saturated carbocycles. The van der Waals surface area contributed by atoms with Crippen molar-refractivity contribution in [2.75, 3.05) is 31.5 Å². The molecule has 0 bridgehead atoms. The van der Waals surface area contributed by atoms with Gasteiger partial charge in [-0.25, -0.2) is 9.97 Å². The van der Waals surface area contributed by atoms with Crippen LogP contribution in [0.15, 0.2) is 60.8 Å². The molecule has 7 heteroatoms. The van der Waals surface area contributed by atoms with Gasteiger partial charge in [0.2, 0.25) is 5.95 Å². The molecule has 0 aliphatic carbocycles. The number of hydrogen-bond acceptors (Lipinski definition) is 6. The Kier molecular flexibility index (Phi) is 6.06. The zero-order chi connectivity index (χ0) is 19.9. The zero-order valence-corrected chi connectivity index (χ0v) is 16.0. The van der Waals surface area contributed by atoms with Gasteiger partial charge in [-0.1, -0.05) is 30.3 Å². The summed E-state index contributed by atoms with van der Waals surface area (Å²) in [5.41, 5.74) is 1.93. The first kappa shape index (κ1) is 19.2. The minimum atomic E-state index is -0.347. The molecule has 7 nitrogen and oxygen atoms in total. The Morgan fingerprint density at radius 3 is 2.57 bits per heavy atom. The van der Waals surface area contributed by atoms with E-state index < -0.39 is 0 Å². The Labute approximate surface area is 164 Å². The lowest BCUT2D eigenvalue weighted by Crippen LogP contribution is -2.21. The van der Waals surface area contributed by atoms with Crippen LogP contribution in [0.4, 0.5) is 11.6 Å². The molecule has 1 N–H and O–H groups in total. The highest BCUT2D eigenvalue weighted by atomic mass is 16.5. The van der Waals surface area contributed by atoms with Crippen molar-refractivity contribution in [2.45, 2.75) is 6.54 Å². The number of carbonyl (C=O) groups excluding carboxylic acids is 1. The molecule has 3 aromatic rings. The third kappa shape index (κ3) is 4.56. The fourth-order valence-corrected chi connectivity index (χ4v) is 2.67. The summed E-state index contributed by atoms with van der Waals surface area (Å²) in [5, 5.41) is 2.82. The van der Waals surface area contributed by atoms with Gasteiger partial charge in [0.15, 0.2) is 0 Å². The van der Waals surface area contributed by atoms with Crippen LogP contribution in [0.1, 0.15) is 16.1 Å². The van der Waals surface area contributed by atoms with E-state index in [1.807, 2.05) is 42.3 Å². The van der Waals surface area contributed by atoms with Crippen LogP contribution in [0.5, 0.6) is 11.5 Å². The smallest absolute Gasteiger partial charge is 0.274 e. The van der Waals surface area contributed by atoms with E-state index in [4.69, 9.17) is 9.47 Å². The molecule has 1 amide bonds. The fourth-order valence-electron chi connectivity index (χ4n) is 2.67. The maximum atomic E-state index is 12.7. The summed E-state index contributed by atoms with van der Waals surface area (Å²) in [4.78, 5) is 23.2. The summed E-state index contributed by atoms with van der Waals surface area (Å²) in [6.07, 6.45) is 1.57. The lowest BCUT2D eigenvalue weighted by atomic mass is 10.2. The van der Waals surface area contributed by atoms with Crippen molar-refractivity contribution in [3.05, 3.63) is 72.1 Å². The topological polar surface area (TPSA) is 76.6 Å². The van der Waals surface area contributed by atoms with E-state index in [1.54, 1.807) is 37.6 Å². The summed E-state index contributed by atoms with van der Waals surface area (Å²) >= 11 is 0. The Morgan fingerprint density at radius 2 is 1.86 bits per heavy atom.